The van der Waals surface area contributed by atoms with Gasteiger partial charge in [0.15, 0.2) is 6.10 Å². The molecule has 0 saturated heterocycles. The lowest BCUT2D eigenvalue weighted by atomic mass is 10.2. The SMILES string of the molecule is COc1ccc(-c2nnc(NC(=O)[C@@H]3CCN(S(C)(=O)=O)c4cc(Cl)ccc4O3)s2)cc1. The van der Waals surface area contributed by atoms with E-state index in [1.165, 1.54) is 21.7 Å². The summed E-state index contributed by atoms with van der Waals surface area (Å²) in [5.74, 6) is 0.536. The monoisotopic (exact) mass is 494 g/mol. The Morgan fingerprint density at radius 1 is 1.25 bits per heavy atom. The van der Waals surface area contributed by atoms with E-state index in [1.54, 1.807) is 19.2 Å². The van der Waals surface area contributed by atoms with Crippen LogP contribution in [0.15, 0.2) is 42.5 Å². The first-order valence-corrected chi connectivity index (χ1v) is 12.5. The maximum atomic E-state index is 12.9. The largest absolute Gasteiger partial charge is 0.497 e. The van der Waals surface area contributed by atoms with Crippen molar-refractivity contribution in [2.75, 3.05) is 29.5 Å². The molecule has 1 aliphatic heterocycles. The van der Waals surface area contributed by atoms with Crippen LogP contribution in [0.2, 0.25) is 5.02 Å². The second kappa shape index (κ2) is 8.93. The topological polar surface area (TPSA) is 111 Å². The second-order valence-electron chi connectivity index (χ2n) is 6.97. The number of rotatable bonds is 5. The van der Waals surface area contributed by atoms with E-state index in [4.69, 9.17) is 21.1 Å². The number of sulfonamides is 1. The molecule has 1 atom stereocenters. The van der Waals surface area contributed by atoms with Crippen molar-refractivity contribution in [3.05, 3.63) is 47.5 Å². The number of carbonyl (C=O) groups is 1. The van der Waals surface area contributed by atoms with Crippen molar-refractivity contribution >= 4 is 49.7 Å². The maximum Gasteiger partial charge on any atom is 0.267 e. The van der Waals surface area contributed by atoms with Gasteiger partial charge < -0.3 is 9.47 Å². The van der Waals surface area contributed by atoms with Crippen LogP contribution >= 0.6 is 22.9 Å². The van der Waals surface area contributed by atoms with Gasteiger partial charge in [-0.3, -0.25) is 14.4 Å². The summed E-state index contributed by atoms with van der Waals surface area (Å²) in [6.07, 6.45) is 0.324. The molecule has 0 aliphatic carbocycles. The van der Waals surface area contributed by atoms with Crippen molar-refractivity contribution in [1.82, 2.24) is 10.2 Å². The van der Waals surface area contributed by atoms with Gasteiger partial charge in [0.2, 0.25) is 15.2 Å². The molecule has 4 rings (SSSR count). The number of hydrogen-bond donors (Lipinski definition) is 1. The highest BCUT2D eigenvalue weighted by Crippen LogP contribution is 2.36. The average Bonchev–Trinajstić information content (AvgIpc) is 3.12. The third kappa shape index (κ3) is 4.79. The first-order valence-electron chi connectivity index (χ1n) is 9.47. The lowest BCUT2D eigenvalue weighted by Gasteiger charge is -2.21. The Morgan fingerprint density at radius 3 is 2.69 bits per heavy atom. The van der Waals surface area contributed by atoms with Crippen LogP contribution in [-0.4, -0.2) is 50.5 Å². The van der Waals surface area contributed by atoms with Crippen molar-refractivity contribution < 1.29 is 22.7 Å². The lowest BCUT2D eigenvalue weighted by molar-refractivity contribution is -0.122. The van der Waals surface area contributed by atoms with Gasteiger partial charge in [0.05, 0.1) is 19.1 Å². The number of benzene rings is 2. The highest BCUT2D eigenvalue weighted by atomic mass is 35.5. The summed E-state index contributed by atoms with van der Waals surface area (Å²) < 4.78 is 36.7. The molecule has 32 heavy (non-hydrogen) atoms. The number of hydrogen-bond acceptors (Lipinski definition) is 8. The van der Waals surface area contributed by atoms with Gasteiger partial charge in [0.25, 0.3) is 5.91 Å². The third-order valence-electron chi connectivity index (χ3n) is 4.74. The molecule has 0 saturated carbocycles. The molecule has 2 aromatic carbocycles. The molecule has 0 radical (unpaired) electrons. The number of amides is 1. The Kier molecular flexibility index (Phi) is 6.22. The molecule has 0 fully saturated rings. The van der Waals surface area contributed by atoms with Gasteiger partial charge in [-0.15, -0.1) is 10.2 Å². The van der Waals surface area contributed by atoms with Crippen LogP contribution < -0.4 is 19.1 Å². The average molecular weight is 495 g/mol. The minimum atomic E-state index is -3.59. The molecule has 0 spiro atoms. The van der Waals surface area contributed by atoms with Crippen molar-refractivity contribution in [2.45, 2.75) is 12.5 Å². The standard InChI is InChI=1S/C20H19ClN4O5S2/c1-29-14-6-3-12(4-7-14)19-23-24-20(31-19)22-18(26)17-9-10-25(32(2,27)28)15-11-13(21)5-8-16(15)30-17/h3-8,11,17H,9-10H2,1-2H3,(H,22,24,26)/t17-/m0/s1. The van der Waals surface area contributed by atoms with E-state index in [9.17, 15) is 13.2 Å². The predicted octanol–water partition coefficient (Wildman–Crippen LogP) is 3.42. The molecule has 12 heteroatoms. The summed E-state index contributed by atoms with van der Waals surface area (Å²) in [5, 5.41) is 12.2. The Bertz CT molecular complexity index is 1250. The summed E-state index contributed by atoms with van der Waals surface area (Å²) in [6, 6.07) is 11.9. The number of carbonyl (C=O) groups excluding carboxylic acids is 1. The van der Waals surface area contributed by atoms with E-state index in [-0.39, 0.29) is 18.7 Å². The van der Waals surface area contributed by atoms with Crippen molar-refractivity contribution in [2.24, 2.45) is 0 Å². The molecule has 0 unspecified atom stereocenters. The number of methoxy groups -OCH3 is 1. The first-order chi connectivity index (χ1) is 15.2. The Labute approximate surface area is 194 Å². The van der Waals surface area contributed by atoms with Gasteiger partial charge in [0.1, 0.15) is 16.5 Å². The molecule has 1 amide bonds. The van der Waals surface area contributed by atoms with Crippen LogP contribution in [0.3, 0.4) is 0 Å². The number of nitrogens with one attached hydrogen (secondary N) is 1. The van der Waals surface area contributed by atoms with Crippen LogP contribution in [0.4, 0.5) is 10.8 Å². The minimum absolute atomic E-state index is 0.0669. The smallest absolute Gasteiger partial charge is 0.267 e. The summed E-state index contributed by atoms with van der Waals surface area (Å²) in [5.41, 5.74) is 1.14. The van der Waals surface area contributed by atoms with Gasteiger partial charge in [-0.25, -0.2) is 8.42 Å². The molecular formula is C20H19ClN4O5S2. The van der Waals surface area contributed by atoms with Crippen molar-refractivity contribution in [3.8, 4) is 22.1 Å². The number of fused-ring (bicyclic) bond motifs is 1. The van der Waals surface area contributed by atoms with Crippen LogP contribution in [-0.2, 0) is 14.8 Å². The van der Waals surface area contributed by atoms with Crippen LogP contribution in [0, 0.1) is 0 Å². The second-order valence-corrected chi connectivity index (χ2v) is 10.3. The molecule has 1 N–H and O–H groups in total. The number of halogens is 1. The van der Waals surface area contributed by atoms with Gasteiger partial charge in [-0.2, -0.15) is 0 Å². The molecule has 0 bridgehead atoms. The fourth-order valence-electron chi connectivity index (χ4n) is 3.19. The lowest BCUT2D eigenvalue weighted by Crippen LogP contribution is -2.35. The zero-order chi connectivity index (χ0) is 22.9. The number of aromatic nitrogens is 2. The van der Waals surface area contributed by atoms with Crippen molar-refractivity contribution in [1.29, 1.82) is 0 Å². The quantitative estimate of drug-likeness (QED) is 0.578. The van der Waals surface area contributed by atoms with Gasteiger partial charge in [0, 0.05) is 23.6 Å². The number of nitrogens with zero attached hydrogens (tertiary/aromatic N) is 3. The number of ether oxygens (including phenoxy) is 2. The molecule has 168 valence electrons. The third-order valence-corrected chi connectivity index (χ3v) is 7.04. The van der Waals surface area contributed by atoms with Gasteiger partial charge in [-0.1, -0.05) is 22.9 Å². The Balaban J connectivity index is 1.52. The van der Waals surface area contributed by atoms with Crippen LogP contribution in [0.1, 0.15) is 6.42 Å². The van der Waals surface area contributed by atoms with Gasteiger partial charge >= 0.3 is 0 Å². The van der Waals surface area contributed by atoms with Crippen molar-refractivity contribution in [3.63, 3.8) is 0 Å². The van der Waals surface area contributed by atoms with E-state index in [2.05, 4.69) is 15.5 Å². The zero-order valence-corrected chi connectivity index (χ0v) is 19.5. The van der Waals surface area contributed by atoms with E-state index in [1.807, 2.05) is 24.3 Å². The Hall–Kier alpha value is -2.89. The van der Waals surface area contributed by atoms with Crippen LogP contribution in [0.5, 0.6) is 11.5 Å². The fraction of sp³-hybridized carbons (Fsp3) is 0.250. The Morgan fingerprint density at radius 2 is 2.00 bits per heavy atom. The molecular weight excluding hydrogens is 476 g/mol. The zero-order valence-electron chi connectivity index (χ0n) is 17.1. The number of anilines is 2. The molecule has 1 aromatic heterocycles. The van der Waals surface area contributed by atoms with E-state index >= 15 is 0 Å². The van der Waals surface area contributed by atoms with E-state index in [0.717, 1.165) is 17.6 Å². The molecule has 3 aromatic rings. The molecule has 1 aliphatic rings. The van der Waals surface area contributed by atoms with Gasteiger partial charge in [-0.05, 0) is 42.5 Å². The van der Waals surface area contributed by atoms with Crippen LogP contribution in [0.25, 0.3) is 10.6 Å². The summed E-state index contributed by atoms with van der Waals surface area (Å²) in [4.78, 5) is 12.9. The highest BCUT2D eigenvalue weighted by Gasteiger charge is 2.32. The normalized spacial score (nSPS) is 16.0. The van der Waals surface area contributed by atoms with E-state index < -0.39 is 22.0 Å². The molecule has 9 nitrogen and oxygen atoms in total. The predicted molar refractivity (Wildman–Crippen MR) is 123 cm³/mol. The summed E-state index contributed by atoms with van der Waals surface area (Å²) in [7, 11) is -2.00. The highest BCUT2D eigenvalue weighted by molar-refractivity contribution is 7.92. The fourth-order valence-corrected chi connectivity index (χ4v) is 5.05. The minimum Gasteiger partial charge on any atom is -0.497 e. The molecule has 2 heterocycles. The first kappa shape index (κ1) is 22.3. The van der Waals surface area contributed by atoms with E-state index in [0.29, 0.717) is 20.8 Å². The maximum absolute atomic E-state index is 12.9. The summed E-state index contributed by atoms with van der Waals surface area (Å²) in [6.45, 7) is 0.0669. The summed E-state index contributed by atoms with van der Waals surface area (Å²) >= 11 is 7.26.